The van der Waals surface area contributed by atoms with Crippen LogP contribution in [-0.4, -0.2) is 32.6 Å². The summed E-state index contributed by atoms with van der Waals surface area (Å²) >= 11 is 0. The number of ether oxygens (including phenoxy) is 3. The highest BCUT2D eigenvalue weighted by atomic mass is 16.5. The van der Waals surface area contributed by atoms with Crippen LogP contribution in [0.5, 0.6) is 17.2 Å². The standard InChI is InChI=1S/C18H20N2O5/c1-12(21)19-13-7-9-14(10-8-13)20-17(22)11-25-16-6-4-5-15(23-2)18(16)24-3/h4-10H,11H2,1-3H3,(H,19,21)(H,20,22). The second kappa shape index (κ2) is 8.58. The fourth-order valence-electron chi connectivity index (χ4n) is 2.15. The van der Waals surface area contributed by atoms with E-state index in [1.165, 1.54) is 21.1 Å². The molecule has 0 atom stereocenters. The lowest BCUT2D eigenvalue weighted by Gasteiger charge is -2.13. The molecule has 0 heterocycles. The number of carbonyl (C=O) groups is 2. The molecule has 0 aliphatic heterocycles. The fraction of sp³-hybridized carbons (Fsp3) is 0.222. The van der Waals surface area contributed by atoms with E-state index in [2.05, 4.69) is 10.6 Å². The van der Waals surface area contributed by atoms with Gasteiger partial charge in [-0.15, -0.1) is 0 Å². The smallest absolute Gasteiger partial charge is 0.262 e. The van der Waals surface area contributed by atoms with Crippen molar-refractivity contribution >= 4 is 23.2 Å². The molecule has 0 saturated heterocycles. The molecule has 0 fully saturated rings. The normalized spacial score (nSPS) is 9.88. The maximum atomic E-state index is 12.0. The average molecular weight is 344 g/mol. The molecule has 0 saturated carbocycles. The molecule has 0 radical (unpaired) electrons. The molecule has 25 heavy (non-hydrogen) atoms. The van der Waals surface area contributed by atoms with E-state index in [9.17, 15) is 9.59 Å². The molecule has 2 aromatic rings. The van der Waals surface area contributed by atoms with E-state index in [-0.39, 0.29) is 18.4 Å². The second-order valence-corrected chi connectivity index (χ2v) is 5.09. The van der Waals surface area contributed by atoms with Gasteiger partial charge in [0.1, 0.15) is 0 Å². The number of rotatable bonds is 7. The molecule has 2 rings (SSSR count). The molecule has 0 aliphatic carbocycles. The SMILES string of the molecule is COc1cccc(OCC(=O)Nc2ccc(NC(C)=O)cc2)c1OC. The molecule has 0 bridgehead atoms. The van der Waals surface area contributed by atoms with E-state index in [0.717, 1.165) is 0 Å². The Balaban J connectivity index is 1.94. The molecule has 0 aliphatic rings. The molecule has 0 spiro atoms. The van der Waals surface area contributed by atoms with Crippen LogP contribution in [-0.2, 0) is 9.59 Å². The summed E-state index contributed by atoms with van der Waals surface area (Å²) in [5.41, 5.74) is 1.25. The summed E-state index contributed by atoms with van der Waals surface area (Å²) in [5.74, 6) is 0.888. The topological polar surface area (TPSA) is 85.9 Å². The van der Waals surface area contributed by atoms with Gasteiger partial charge in [-0.3, -0.25) is 9.59 Å². The first-order valence-electron chi connectivity index (χ1n) is 7.54. The number of methoxy groups -OCH3 is 2. The molecule has 2 N–H and O–H groups in total. The molecule has 2 amide bonds. The predicted molar refractivity (Wildman–Crippen MR) is 94.4 cm³/mol. The van der Waals surface area contributed by atoms with Gasteiger partial charge in [-0.05, 0) is 36.4 Å². The van der Waals surface area contributed by atoms with Gasteiger partial charge in [-0.25, -0.2) is 0 Å². The number of nitrogens with one attached hydrogen (secondary N) is 2. The Morgan fingerprint density at radius 3 is 2.04 bits per heavy atom. The zero-order valence-corrected chi connectivity index (χ0v) is 14.3. The highest BCUT2D eigenvalue weighted by Crippen LogP contribution is 2.36. The number of anilines is 2. The van der Waals surface area contributed by atoms with Crippen molar-refractivity contribution in [2.45, 2.75) is 6.92 Å². The highest BCUT2D eigenvalue weighted by molar-refractivity contribution is 5.93. The number of amides is 2. The number of carbonyl (C=O) groups excluding carboxylic acids is 2. The van der Waals surface area contributed by atoms with Gasteiger partial charge >= 0.3 is 0 Å². The fourth-order valence-corrected chi connectivity index (χ4v) is 2.15. The van der Waals surface area contributed by atoms with Gasteiger partial charge in [-0.1, -0.05) is 6.07 Å². The van der Waals surface area contributed by atoms with Gasteiger partial charge in [0.05, 0.1) is 14.2 Å². The molecule has 0 unspecified atom stereocenters. The van der Waals surface area contributed by atoms with E-state index >= 15 is 0 Å². The zero-order chi connectivity index (χ0) is 18.2. The molecular weight excluding hydrogens is 324 g/mol. The van der Waals surface area contributed by atoms with Gasteiger partial charge < -0.3 is 24.8 Å². The second-order valence-electron chi connectivity index (χ2n) is 5.09. The molecule has 7 heteroatoms. The summed E-state index contributed by atoms with van der Waals surface area (Å²) in [7, 11) is 3.03. The third kappa shape index (κ3) is 5.13. The van der Waals surface area contributed by atoms with Crippen molar-refractivity contribution < 1.29 is 23.8 Å². The lowest BCUT2D eigenvalue weighted by molar-refractivity contribution is -0.118. The lowest BCUT2D eigenvalue weighted by Crippen LogP contribution is -2.20. The largest absolute Gasteiger partial charge is 0.493 e. The van der Waals surface area contributed by atoms with Gasteiger partial charge in [0.2, 0.25) is 11.7 Å². The van der Waals surface area contributed by atoms with E-state index < -0.39 is 0 Å². The third-order valence-corrected chi connectivity index (χ3v) is 3.21. The monoisotopic (exact) mass is 344 g/mol. The summed E-state index contributed by atoms with van der Waals surface area (Å²) in [6, 6.07) is 11.9. The third-order valence-electron chi connectivity index (χ3n) is 3.21. The minimum Gasteiger partial charge on any atom is -0.493 e. The van der Waals surface area contributed by atoms with Crippen LogP contribution < -0.4 is 24.8 Å². The predicted octanol–water partition coefficient (Wildman–Crippen LogP) is 2.68. The maximum absolute atomic E-state index is 12.0. The van der Waals surface area contributed by atoms with Crippen LogP contribution in [0.4, 0.5) is 11.4 Å². The van der Waals surface area contributed by atoms with Gasteiger partial charge in [-0.2, -0.15) is 0 Å². The molecule has 0 aromatic heterocycles. The van der Waals surface area contributed by atoms with Gasteiger partial charge in [0.15, 0.2) is 18.1 Å². The minimum absolute atomic E-state index is 0.155. The summed E-state index contributed by atoms with van der Waals surface area (Å²) < 4.78 is 15.9. The van der Waals surface area contributed by atoms with Gasteiger partial charge in [0, 0.05) is 18.3 Å². The molecular formula is C18H20N2O5. The first-order chi connectivity index (χ1) is 12.0. The van der Waals surface area contributed by atoms with Crippen LogP contribution in [0.1, 0.15) is 6.92 Å². The summed E-state index contributed by atoms with van der Waals surface area (Å²) in [6.45, 7) is 1.25. The summed E-state index contributed by atoms with van der Waals surface area (Å²) in [5, 5.41) is 5.36. The van der Waals surface area contributed by atoms with Crippen LogP contribution >= 0.6 is 0 Å². The summed E-state index contributed by atoms with van der Waals surface area (Å²) in [6.07, 6.45) is 0. The molecule has 7 nitrogen and oxygen atoms in total. The van der Waals surface area contributed by atoms with Crippen LogP contribution in [0.15, 0.2) is 42.5 Å². The highest BCUT2D eigenvalue weighted by Gasteiger charge is 2.12. The van der Waals surface area contributed by atoms with E-state index in [4.69, 9.17) is 14.2 Å². The zero-order valence-electron chi connectivity index (χ0n) is 14.3. The van der Waals surface area contributed by atoms with Crippen LogP contribution in [0.2, 0.25) is 0 Å². The first kappa shape index (κ1) is 18.1. The molecule has 2 aromatic carbocycles. The molecule has 132 valence electrons. The van der Waals surface area contributed by atoms with Crippen LogP contribution in [0, 0.1) is 0 Å². The van der Waals surface area contributed by atoms with Crippen molar-refractivity contribution in [3.8, 4) is 17.2 Å². The van der Waals surface area contributed by atoms with Crippen molar-refractivity contribution in [1.29, 1.82) is 0 Å². The summed E-state index contributed by atoms with van der Waals surface area (Å²) in [4.78, 5) is 23.0. The average Bonchev–Trinajstić information content (AvgIpc) is 2.60. The maximum Gasteiger partial charge on any atom is 0.262 e. The minimum atomic E-state index is -0.322. The number of benzene rings is 2. The van der Waals surface area contributed by atoms with Crippen LogP contribution in [0.25, 0.3) is 0 Å². The Morgan fingerprint density at radius 2 is 1.48 bits per heavy atom. The van der Waals surface area contributed by atoms with E-state index in [1.54, 1.807) is 42.5 Å². The Hall–Kier alpha value is -3.22. The Labute approximate surface area is 145 Å². The van der Waals surface area contributed by atoms with Crippen molar-refractivity contribution in [2.75, 3.05) is 31.5 Å². The van der Waals surface area contributed by atoms with Crippen molar-refractivity contribution in [1.82, 2.24) is 0 Å². The van der Waals surface area contributed by atoms with Crippen molar-refractivity contribution in [3.63, 3.8) is 0 Å². The number of hydrogen-bond donors (Lipinski definition) is 2. The number of hydrogen-bond acceptors (Lipinski definition) is 5. The Morgan fingerprint density at radius 1 is 0.880 bits per heavy atom. The van der Waals surface area contributed by atoms with Crippen molar-refractivity contribution in [2.24, 2.45) is 0 Å². The Bertz CT molecular complexity index is 744. The Kier molecular flexibility index (Phi) is 6.22. The number of para-hydroxylation sites is 1. The van der Waals surface area contributed by atoms with Crippen LogP contribution in [0.3, 0.4) is 0 Å². The lowest BCUT2D eigenvalue weighted by atomic mass is 10.2. The van der Waals surface area contributed by atoms with Gasteiger partial charge in [0.25, 0.3) is 5.91 Å². The first-order valence-corrected chi connectivity index (χ1v) is 7.54. The van der Waals surface area contributed by atoms with E-state index in [0.29, 0.717) is 28.6 Å². The quantitative estimate of drug-likeness (QED) is 0.806. The van der Waals surface area contributed by atoms with Crippen molar-refractivity contribution in [3.05, 3.63) is 42.5 Å². The van der Waals surface area contributed by atoms with E-state index in [1.807, 2.05) is 0 Å².